The van der Waals surface area contributed by atoms with E-state index < -0.39 is 0 Å². The van der Waals surface area contributed by atoms with Gasteiger partial charge in [-0.3, -0.25) is 4.79 Å². The van der Waals surface area contributed by atoms with Crippen molar-refractivity contribution < 1.29 is 4.79 Å². The van der Waals surface area contributed by atoms with E-state index in [2.05, 4.69) is 10.2 Å². The first-order chi connectivity index (χ1) is 13.3. The number of amides is 1. The van der Waals surface area contributed by atoms with Gasteiger partial charge in [0, 0.05) is 19.6 Å². The van der Waals surface area contributed by atoms with Crippen molar-refractivity contribution >= 4 is 18.3 Å². The minimum absolute atomic E-state index is 0. The molecule has 1 heterocycles. The van der Waals surface area contributed by atoms with Gasteiger partial charge in [-0.25, -0.2) is 0 Å². The van der Waals surface area contributed by atoms with Crippen LogP contribution in [0.1, 0.15) is 42.7 Å². The first-order valence-electron chi connectivity index (χ1n) is 10.4. The molecule has 2 fully saturated rings. The van der Waals surface area contributed by atoms with Gasteiger partial charge in [0.2, 0.25) is 5.91 Å². The van der Waals surface area contributed by atoms with Gasteiger partial charge in [0.1, 0.15) is 0 Å². The summed E-state index contributed by atoms with van der Waals surface area (Å²) in [7, 11) is 0. The fraction of sp³-hybridized carbons (Fsp3) is 0.458. The van der Waals surface area contributed by atoms with Gasteiger partial charge in [-0.1, -0.05) is 67.1 Å². The quantitative estimate of drug-likeness (QED) is 0.697. The molecule has 2 aromatic rings. The van der Waals surface area contributed by atoms with Gasteiger partial charge in [-0.15, -0.1) is 12.4 Å². The van der Waals surface area contributed by atoms with Crippen molar-refractivity contribution in [3.05, 3.63) is 71.8 Å². The molecule has 1 amide bonds. The summed E-state index contributed by atoms with van der Waals surface area (Å²) in [6, 6.07) is 20.2. The van der Waals surface area contributed by atoms with E-state index in [1.54, 1.807) is 0 Å². The molecule has 28 heavy (non-hydrogen) atoms. The van der Waals surface area contributed by atoms with Crippen LogP contribution in [0.15, 0.2) is 60.7 Å². The van der Waals surface area contributed by atoms with E-state index in [1.165, 1.54) is 32.4 Å². The third-order valence-electron chi connectivity index (χ3n) is 6.28. The SMILES string of the molecule is Cl.O=C(NCCCN1CC2CCCC2C1)C(c1ccccc1)c1ccccc1. The van der Waals surface area contributed by atoms with Gasteiger partial charge >= 0.3 is 0 Å². The lowest BCUT2D eigenvalue weighted by Gasteiger charge is -2.19. The Morgan fingerprint density at radius 3 is 2.00 bits per heavy atom. The largest absolute Gasteiger partial charge is 0.355 e. The summed E-state index contributed by atoms with van der Waals surface area (Å²) in [6.07, 6.45) is 5.31. The Labute approximate surface area is 174 Å². The predicted octanol–water partition coefficient (Wildman–Crippen LogP) is 4.48. The topological polar surface area (TPSA) is 32.3 Å². The van der Waals surface area contributed by atoms with E-state index in [9.17, 15) is 4.79 Å². The van der Waals surface area contributed by atoms with E-state index in [4.69, 9.17) is 0 Å². The smallest absolute Gasteiger partial charge is 0.232 e. The van der Waals surface area contributed by atoms with Crippen LogP contribution in [-0.2, 0) is 4.79 Å². The highest BCUT2D eigenvalue weighted by atomic mass is 35.5. The molecule has 3 nitrogen and oxygen atoms in total. The maximum atomic E-state index is 13.0. The highest BCUT2D eigenvalue weighted by Crippen LogP contribution is 2.37. The number of carbonyl (C=O) groups is 1. The van der Waals surface area contributed by atoms with Crippen molar-refractivity contribution in [2.24, 2.45) is 11.8 Å². The van der Waals surface area contributed by atoms with Crippen LogP contribution < -0.4 is 5.32 Å². The zero-order chi connectivity index (χ0) is 18.5. The molecule has 1 aliphatic carbocycles. The average molecular weight is 399 g/mol. The molecule has 2 atom stereocenters. The van der Waals surface area contributed by atoms with Gasteiger partial charge in [0.15, 0.2) is 0 Å². The second-order valence-corrected chi connectivity index (χ2v) is 8.11. The molecule has 1 saturated carbocycles. The number of nitrogens with one attached hydrogen (secondary N) is 1. The van der Waals surface area contributed by atoms with Crippen molar-refractivity contribution in [2.45, 2.75) is 31.6 Å². The highest BCUT2D eigenvalue weighted by Gasteiger charge is 2.35. The Bertz CT molecular complexity index is 685. The maximum absolute atomic E-state index is 13.0. The van der Waals surface area contributed by atoms with E-state index in [0.29, 0.717) is 0 Å². The van der Waals surface area contributed by atoms with Crippen LogP contribution in [0.3, 0.4) is 0 Å². The molecule has 2 aromatic carbocycles. The molecule has 1 N–H and O–H groups in total. The number of benzene rings is 2. The van der Waals surface area contributed by atoms with E-state index in [1.807, 2.05) is 60.7 Å². The zero-order valence-corrected chi connectivity index (χ0v) is 17.2. The van der Waals surface area contributed by atoms with Crippen LogP contribution in [0.25, 0.3) is 0 Å². The lowest BCUT2D eigenvalue weighted by molar-refractivity contribution is -0.121. The van der Waals surface area contributed by atoms with Gasteiger partial charge in [-0.2, -0.15) is 0 Å². The summed E-state index contributed by atoms with van der Waals surface area (Å²) in [5, 5.41) is 3.19. The number of likely N-dealkylation sites (tertiary alicyclic amines) is 1. The molecule has 4 heteroatoms. The second kappa shape index (κ2) is 10.1. The lowest BCUT2D eigenvalue weighted by atomic mass is 9.90. The van der Waals surface area contributed by atoms with E-state index >= 15 is 0 Å². The van der Waals surface area contributed by atoms with Crippen molar-refractivity contribution in [1.29, 1.82) is 0 Å². The maximum Gasteiger partial charge on any atom is 0.232 e. The third kappa shape index (κ3) is 4.95. The Balaban J connectivity index is 0.00000225. The molecule has 0 aromatic heterocycles. The van der Waals surface area contributed by atoms with Crippen LogP contribution in [0.2, 0.25) is 0 Å². The predicted molar refractivity (Wildman–Crippen MR) is 117 cm³/mol. The molecule has 1 saturated heterocycles. The third-order valence-corrected chi connectivity index (χ3v) is 6.28. The number of hydrogen-bond donors (Lipinski definition) is 1. The van der Waals surface area contributed by atoms with Gasteiger partial charge in [-0.05, 0) is 48.8 Å². The Morgan fingerprint density at radius 1 is 0.929 bits per heavy atom. The van der Waals surface area contributed by atoms with Crippen LogP contribution in [0, 0.1) is 11.8 Å². The van der Waals surface area contributed by atoms with Gasteiger partial charge in [0.05, 0.1) is 5.92 Å². The lowest BCUT2D eigenvalue weighted by Crippen LogP contribution is -2.33. The first kappa shape index (κ1) is 20.9. The standard InChI is InChI=1S/C24H30N2O.ClH/c27-24(25-15-8-16-26-17-21-13-7-14-22(21)18-26)23(19-9-3-1-4-10-19)20-11-5-2-6-12-20;/h1-6,9-12,21-23H,7-8,13-18H2,(H,25,27);1H. The summed E-state index contributed by atoms with van der Waals surface area (Å²) < 4.78 is 0. The fourth-order valence-corrected chi connectivity index (χ4v) is 4.92. The molecule has 4 rings (SSSR count). The minimum Gasteiger partial charge on any atom is -0.355 e. The van der Waals surface area contributed by atoms with Gasteiger partial charge < -0.3 is 10.2 Å². The summed E-state index contributed by atoms with van der Waals surface area (Å²) >= 11 is 0. The summed E-state index contributed by atoms with van der Waals surface area (Å²) in [4.78, 5) is 15.6. The van der Waals surface area contributed by atoms with E-state index in [-0.39, 0.29) is 24.2 Å². The van der Waals surface area contributed by atoms with Crippen molar-refractivity contribution in [3.8, 4) is 0 Å². The van der Waals surface area contributed by atoms with Crippen LogP contribution >= 0.6 is 12.4 Å². The number of carbonyl (C=O) groups excluding carboxylic acids is 1. The molecular weight excluding hydrogens is 368 g/mol. The normalized spacial score (nSPS) is 21.3. The molecule has 2 unspecified atom stereocenters. The average Bonchev–Trinajstić information content (AvgIpc) is 3.29. The monoisotopic (exact) mass is 398 g/mol. The van der Waals surface area contributed by atoms with Crippen molar-refractivity contribution in [2.75, 3.05) is 26.2 Å². The summed E-state index contributed by atoms with van der Waals surface area (Å²) in [6.45, 7) is 4.40. The number of hydrogen-bond acceptors (Lipinski definition) is 2. The Kier molecular flexibility index (Phi) is 7.52. The zero-order valence-electron chi connectivity index (χ0n) is 16.4. The number of rotatable bonds is 7. The Morgan fingerprint density at radius 2 is 1.46 bits per heavy atom. The minimum atomic E-state index is -0.237. The van der Waals surface area contributed by atoms with Crippen LogP contribution in [0.4, 0.5) is 0 Å². The molecule has 150 valence electrons. The highest BCUT2D eigenvalue weighted by molar-refractivity contribution is 5.87. The molecule has 1 aliphatic heterocycles. The molecule has 0 bridgehead atoms. The summed E-state index contributed by atoms with van der Waals surface area (Å²) in [5.41, 5.74) is 2.10. The second-order valence-electron chi connectivity index (χ2n) is 8.11. The molecule has 0 spiro atoms. The number of halogens is 1. The molecular formula is C24H31ClN2O. The van der Waals surface area contributed by atoms with Crippen LogP contribution in [0.5, 0.6) is 0 Å². The molecule has 2 aliphatic rings. The number of nitrogens with zero attached hydrogens (tertiary/aromatic N) is 1. The van der Waals surface area contributed by atoms with Crippen LogP contribution in [-0.4, -0.2) is 37.0 Å². The summed E-state index contributed by atoms with van der Waals surface area (Å²) in [5.74, 6) is 1.75. The molecule has 0 radical (unpaired) electrons. The van der Waals surface area contributed by atoms with Gasteiger partial charge in [0.25, 0.3) is 0 Å². The Hall–Kier alpha value is -1.84. The van der Waals surface area contributed by atoms with Crippen molar-refractivity contribution in [1.82, 2.24) is 10.2 Å². The number of fused-ring (bicyclic) bond motifs is 1. The fourth-order valence-electron chi connectivity index (χ4n) is 4.92. The first-order valence-corrected chi connectivity index (χ1v) is 10.4. The van der Waals surface area contributed by atoms with E-state index in [0.717, 1.165) is 42.5 Å². The van der Waals surface area contributed by atoms with Crippen molar-refractivity contribution in [3.63, 3.8) is 0 Å².